The molecule has 2 aliphatic rings. The number of hydrogen-bond donors (Lipinski definition) is 3. The molecule has 0 saturated carbocycles. The minimum atomic E-state index is -0.721. The van der Waals surface area contributed by atoms with Gasteiger partial charge in [-0.2, -0.15) is 0 Å². The number of ether oxygens (including phenoxy) is 1. The van der Waals surface area contributed by atoms with Gasteiger partial charge in [-0.05, 0) is 31.5 Å². The maximum atomic E-state index is 13.2. The molecule has 0 spiro atoms. The standard InChI is InChI=1S/C22H19NO5/c1-3-28-22(27)17-11(2)23-20-13-6-4-5-7-14(13)21(26)19(20)18(17)12-8-9-15(24)16(25)10-12/h4-10,18,23-25H,3H2,1-2H3/t18-/m1/s1. The highest BCUT2D eigenvalue weighted by molar-refractivity contribution is 6.23. The zero-order valence-corrected chi connectivity index (χ0v) is 15.4. The van der Waals surface area contributed by atoms with E-state index in [0.29, 0.717) is 33.7 Å². The van der Waals surface area contributed by atoms with Gasteiger partial charge in [0.1, 0.15) is 0 Å². The molecule has 2 aromatic carbocycles. The zero-order valence-electron chi connectivity index (χ0n) is 15.4. The predicted octanol–water partition coefficient (Wildman–Crippen LogP) is 3.23. The summed E-state index contributed by atoms with van der Waals surface area (Å²) < 4.78 is 5.24. The average Bonchev–Trinajstić information content (AvgIpc) is 2.95. The van der Waals surface area contributed by atoms with Gasteiger partial charge in [0.2, 0.25) is 0 Å². The Morgan fingerprint density at radius 3 is 2.50 bits per heavy atom. The molecule has 142 valence electrons. The number of hydrogen-bond acceptors (Lipinski definition) is 6. The number of rotatable bonds is 3. The van der Waals surface area contributed by atoms with Gasteiger partial charge in [-0.25, -0.2) is 4.79 Å². The van der Waals surface area contributed by atoms with Crippen LogP contribution >= 0.6 is 0 Å². The fraction of sp³-hybridized carbons (Fsp3) is 0.182. The first-order chi connectivity index (χ1) is 13.4. The summed E-state index contributed by atoms with van der Waals surface area (Å²) in [5, 5.41) is 22.9. The van der Waals surface area contributed by atoms with E-state index in [2.05, 4.69) is 5.32 Å². The van der Waals surface area contributed by atoms with Crippen molar-refractivity contribution in [3.05, 3.63) is 76.0 Å². The van der Waals surface area contributed by atoms with Gasteiger partial charge in [0, 0.05) is 28.3 Å². The lowest BCUT2D eigenvalue weighted by Gasteiger charge is -2.29. The number of phenolic OH excluding ortho intramolecular Hbond substituents is 2. The van der Waals surface area contributed by atoms with Crippen molar-refractivity contribution < 1.29 is 24.5 Å². The van der Waals surface area contributed by atoms with Crippen molar-refractivity contribution in [1.29, 1.82) is 0 Å². The third kappa shape index (κ3) is 2.57. The van der Waals surface area contributed by atoms with E-state index >= 15 is 0 Å². The molecule has 0 unspecified atom stereocenters. The molecular weight excluding hydrogens is 358 g/mol. The third-order valence-corrected chi connectivity index (χ3v) is 5.08. The van der Waals surface area contributed by atoms with E-state index in [1.54, 1.807) is 32.0 Å². The molecular formula is C22H19NO5. The van der Waals surface area contributed by atoms with Crippen LogP contribution in [0.2, 0.25) is 0 Å². The predicted molar refractivity (Wildman–Crippen MR) is 103 cm³/mol. The van der Waals surface area contributed by atoms with Crippen LogP contribution in [0, 0.1) is 0 Å². The molecule has 1 aliphatic carbocycles. The van der Waals surface area contributed by atoms with Crippen molar-refractivity contribution in [2.24, 2.45) is 0 Å². The van der Waals surface area contributed by atoms with Crippen LogP contribution in [0.5, 0.6) is 11.5 Å². The Morgan fingerprint density at radius 1 is 1.11 bits per heavy atom. The first-order valence-corrected chi connectivity index (χ1v) is 8.99. The molecule has 1 aliphatic heterocycles. The number of aromatic hydroxyl groups is 2. The van der Waals surface area contributed by atoms with Crippen molar-refractivity contribution >= 4 is 17.4 Å². The van der Waals surface area contributed by atoms with E-state index in [-0.39, 0.29) is 23.9 Å². The Hall–Kier alpha value is -3.54. The molecule has 0 fully saturated rings. The second-order valence-corrected chi connectivity index (χ2v) is 6.73. The summed E-state index contributed by atoms with van der Waals surface area (Å²) in [6, 6.07) is 11.6. The van der Waals surface area contributed by atoms with Crippen LogP contribution in [-0.2, 0) is 9.53 Å². The Balaban J connectivity index is 1.94. The first-order valence-electron chi connectivity index (χ1n) is 8.99. The topological polar surface area (TPSA) is 95.9 Å². The summed E-state index contributed by atoms with van der Waals surface area (Å²) in [6.07, 6.45) is 0. The highest BCUT2D eigenvalue weighted by atomic mass is 16.5. The van der Waals surface area contributed by atoms with E-state index in [0.717, 1.165) is 5.56 Å². The number of nitrogens with one attached hydrogen (secondary N) is 1. The van der Waals surface area contributed by atoms with Crippen LogP contribution in [0.3, 0.4) is 0 Å². The van der Waals surface area contributed by atoms with Crippen LogP contribution in [0.25, 0.3) is 5.70 Å². The maximum Gasteiger partial charge on any atom is 0.336 e. The summed E-state index contributed by atoms with van der Waals surface area (Å²) in [5.74, 6) is -2.01. The van der Waals surface area contributed by atoms with Gasteiger partial charge in [0.25, 0.3) is 0 Å². The fourth-order valence-corrected chi connectivity index (χ4v) is 3.86. The number of Topliss-reactive ketones (excluding diaryl/α,β-unsaturated/α-hetero) is 1. The minimum absolute atomic E-state index is 0.176. The number of dihydropyridines is 1. The van der Waals surface area contributed by atoms with Gasteiger partial charge < -0.3 is 20.3 Å². The summed E-state index contributed by atoms with van der Waals surface area (Å²) in [7, 11) is 0. The van der Waals surface area contributed by atoms with E-state index < -0.39 is 11.9 Å². The number of allylic oxidation sites excluding steroid dienone is 2. The lowest BCUT2D eigenvalue weighted by atomic mass is 9.79. The van der Waals surface area contributed by atoms with E-state index in [1.807, 2.05) is 12.1 Å². The summed E-state index contributed by atoms with van der Waals surface area (Å²) >= 11 is 0. The molecule has 6 heteroatoms. The van der Waals surface area contributed by atoms with Crippen LogP contribution < -0.4 is 5.32 Å². The summed E-state index contributed by atoms with van der Waals surface area (Å²) in [5.41, 5.74) is 3.84. The van der Waals surface area contributed by atoms with E-state index in [9.17, 15) is 19.8 Å². The van der Waals surface area contributed by atoms with Gasteiger partial charge in [0.15, 0.2) is 17.3 Å². The van der Waals surface area contributed by atoms with E-state index in [1.165, 1.54) is 12.1 Å². The number of carbonyl (C=O) groups excluding carboxylic acids is 2. The average molecular weight is 377 g/mol. The minimum Gasteiger partial charge on any atom is -0.504 e. The quantitative estimate of drug-likeness (QED) is 0.561. The van der Waals surface area contributed by atoms with Crippen LogP contribution in [0.4, 0.5) is 0 Å². The number of benzene rings is 2. The van der Waals surface area contributed by atoms with Gasteiger partial charge in [0.05, 0.1) is 17.9 Å². The van der Waals surface area contributed by atoms with Crippen molar-refractivity contribution in [2.75, 3.05) is 6.61 Å². The monoisotopic (exact) mass is 377 g/mol. The van der Waals surface area contributed by atoms with Crippen molar-refractivity contribution in [1.82, 2.24) is 5.32 Å². The Kier molecular flexibility index (Phi) is 4.19. The molecule has 4 rings (SSSR count). The molecule has 0 radical (unpaired) electrons. The zero-order chi connectivity index (χ0) is 20.0. The molecule has 28 heavy (non-hydrogen) atoms. The molecule has 2 aromatic rings. The van der Waals surface area contributed by atoms with Crippen molar-refractivity contribution in [2.45, 2.75) is 19.8 Å². The smallest absolute Gasteiger partial charge is 0.336 e. The number of phenols is 2. The Bertz CT molecular complexity index is 1080. The normalized spacial score (nSPS) is 17.9. The number of esters is 1. The molecule has 3 N–H and O–H groups in total. The molecule has 1 heterocycles. The molecule has 0 amide bonds. The molecule has 1 atom stereocenters. The molecule has 0 aromatic heterocycles. The van der Waals surface area contributed by atoms with Crippen LogP contribution in [-0.4, -0.2) is 28.6 Å². The first kappa shape index (κ1) is 17.9. The second kappa shape index (κ2) is 6.56. The van der Waals surface area contributed by atoms with Crippen molar-refractivity contribution in [3.8, 4) is 11.5 Å². The highest BCUT2D eigenvalue weighted by Gasteiger charge is 2.43. The highest BCUT2D eigenvalue weighted by Crippen LogP contribution is 2.47. The molecule has 0 bridgehead atoms. The second-order valence-electron chi connectivity index (χ2n) is 6.73. The van der Waals surface area contributed by atoms with E-state index in [4.69, 9.17) is 4.74 Å². The number of fused-ring (bicyclic) bond motifs is 2. The largest absolute Gasteiger partial charge is 0.504 e. The maximum absolute atomic E-state index is 13.2. The lowest BCUT2D eigenvalue weighted by molar-refractivity contribution is -0.138. The third-order valence-electron chi connectivity index (χ3n) is 5.08. The van der Waals surface area contributed by atoms with Gasteiger partial charge in [-0.1, -0.05) is 30.3 Å². The molecule has 6 nitrogen and oxygen atoms in total. The number of ketones is 1. The van der Waals surface area contributed by atoms with Gasteiger partial charge >= 0.3 is 5.97 Å². The fourth-order valence-electron chi connectivity index (χ4n) is 3.86. The van der Waals surface area contributed by atoms with Crippen molar-refractivity contribution in [3.63, 3.8) is 0 Å². The van der Waals surface area contributed by atoms with Crippen LogP contribution in [0.1, 0.15) is 41.3 Å². The molecule has 0 saturated heterocycles. The van der Waals surface area contributed by atoms with Crippen LogP contribution in [0.15, 0.2) is 59.3 Å². The summed E-state index contributed by atoms with van der Waals surface area (Å²) in [4.78, 5) is 26.0. The Morgan fingerprint density at radius 2 is 1.82 bits per heavy atom. The Labute approximate surface area is 161 Å². The number of carbonyl (C=O) groups is 2. The summed E-state index contributed by atoms with van der Waals surface area (Å²) in [6.45, 7) is 3.67. The van der Waals surface area contributed by atoms with Gasteiger partial charge in [-0.15, -0.1) is 0 Å². The van der Waals surface area contributed by atoms with Gasteiger partial charge in [-0.3, -0.25) is 4.79 Å². The SMILES string of the molecule is CCOC(=O)C1=C(C)NC2=C(C(=O)c3ccccc32)[C@@H]1c1ccc(O)c(O)c1. The lowest BCUT2D eigenvalue weighted by Crippen LogP contribution is -2.29.